The van der Waals surface area contributed by atoms with Crippen LogP contribution in [0.3, 0.4) is 0 Å². The lowest BCUT2D eigenvalue weighted by molar-refractivity contribution is -0.0415. The number of benzene rings is 5. The molecule has 4 bridgehead atoms. The summed E-state index contributed by atoms with van der Waals surface area (Å²) < 4.78 is 0. The minimum absolute atomic E-state index is 0.0275. The van der Waals surface area contributed by atoms with Gasteiger partial charge in [-0.15, -0.1) is 0 Å². The first kappa shape index (κ1) is 29.9. The van der Waals surface area contributed by atoms with E-state index in [1.54, 1.807) is 0 Å². The molecule has 0 atom stereocenters. The third-order valence-corrected chi connectivity index (χ3v) is 12.5. The van der Waals surface area contributed by atoms with Crippen LogP contribution in [0, 0.1) is 23.7 Å². The van der Waals surface area contributed by atoms with Crippen molar-refractivity contribution in [2.75, 3.05) is 0 Å². The molecule has 5 heteroatoms. The number of hydrogen-bond acceptors (Lipinski definition) is 5. The first-order valence-electron chi connectivity index (χ1n) is 18.8. The number of fused-ring (bicyclic) bond motifs is 3. The fraction of sp³-hybridized carbons (Fsp3) is 0.213. The van der Waals surface area contributed by atoms with E-state index in [0.29, 0.717) is 29.3 Å². The van der Waals surface area contributed by atoms with Gasteiger partial charge in [0.15, 0.2) is 23.3 Å². The van der Waals surface area contributed by atoms with Crippen molar-refractivity contribution < 1.29 is 0 Å². The van der Waals surface area contributed by atoms with Crippen LogP contribution in [0.2, 0.25) is 0 Å². The van der Waals surface area contributed by atoms with Gasteiger partial charge in [0.05, 0.1) is 5.69 Å². The van der Waals surface area contributed by atoms with Gasteiger partial charge in [-0.3, -0.25) is 0 Å². The predicted molar refractivity (Wildman–Crippen MR) is 206 cm³/mol. The Bertz CT molecular complexity index is 2390. The van der Waals surface area contributed by atoms with Gasteiger partial charge in [-0.1, -0.05) is 115 Å². The molecule has 0 N–H and O–H groups in total. The fourth-order valence-electron chi connectivity index (χ4n) is 10.6. The average molecular weight is 672 g/mol. The lowest BCUT2D eigenvalue weighted by Crippen LogP contribution is -2.55. The fourth-order valence-corrected chi connectivity index (χ4v) is 10.6. The molecule has 12 rings (SSSR count). The van der Waals surface area contributed by atoms with E-state index in [2.05, 4.69) is 103 Å². The number of aromatic nitrogens is 5. The van der Waals surface area contributed by atoms with E-state index in [0.717, 1.165) is 51.0 Å². The van der Waals surface area contributed by atoms with Gasteiger partial charge < -0.3 is 0 Å². The van der Waals surface area contributed by atoms with Gasteiger partial charge in [0.2, 0.25) is 0 Å². The predicted octanol–water partition coefficient (Wildman–Crippen LogP) is 10.7. The van der Waals surface area contributed by atoms with Gasteiger partial charge in [0, 0.05) is 39.4 Å². The molecule has 4 saturated carbocycles. The Kier molecular flexibility index (Phi) is 6.67. The minimum Gasteiger partial charge on any atom is -0.236 e. The van der Waals surface area contributed by atoms with Crippen LogP contribution < -0.4 is 0 Å². The third-order valence-electron chi connectivity index (χ3n) is 12.5. The highest BCUT2D eigenvalue weighted by atomic mass is 15.0. The standard InChI is InChI=1S/C47H37N5/c1-4-12-31(13-5-1)34-25-35(27-36(26-34)46-51-44(32-14-6-2-7-15-32)50-45(52-46)33-16-8-3-9-17-33)43-48-28-40-39-18-10-11-19-41(39)47(42(40)49-43)37-21-29-20-30(23-37)24-38(47)22-29/h1-19,25-30,37-38H,20-24H2. The second kappa shape index (κ2) is 11.6. The average Bonchev–Trinajstić information content (AvgIpc) is 3.50. The molecule has 5 aromatic carbocycles. The van der Waals surface area contributed by atoms with Gasteiger partial charge in [-0.05, 0) is 96.2 Å². The van der Waals surface area contributed by atoms with Crippen molar-refractivity contribution in [2.24, 2.45) is 23.7 Å². The molecule has 2 heterocycles. The van der Waals surface area contributed by atoms with Crippen LogP contribution in [-0.4, -0.2) is 24.9 Å². The van der Waals surface area contributed by atoms with Crippen LogP contribution >= 0.6 is 0 Å². The zero-order chi connectivity index (χ0) is 34.2. The van der Waals surface area contributed by atoms with Crippen molar-refractivity contribution in [3.63, 3.8) is 0 Å². The van der Waals surface area contributed by atoms with Crippen LogP contribution in [0.4, 0.5) is 0 Å². The van der Waals surface area contributed by atoms with E-state index >= 15 is 0 Å². The molecule has 52 heavy (non-hydrogen) atoms. The number of nitrogens with zero attached hydrogens (tertiary/aromatic N) is 5. The summed E-state index contributed by atoms with van der Waals surface area (Å²) in [5.74, 6) is 5.70. The Labute approximate surface area is 303 Å². The van der Waals surface area contributed by atoms with Crippen molar-refractivity contribution in [3.05, 3.63) is 151 Å². The maximum Gasteiger partial charge on any atom is 0.164 e. The number of rotatable bonds is 5. The Hall–Kier alpha value is -5.81. The largest absolute Gasteiger partial charge is 0.236 e. The first-order chi connectivity index (χ1) is 25.7. The molecule has 0 aliphatic heterocycles. The summed E-state index contributed by atoms with van der Waals surface area (Å²) in [5.41, 5.74) is 11.3. The van der Waals surface area contributed by atoms with Crippen molar-refractivity contribution in [2.45, 2.75) is 37.5 Å². The summed E-state index contributed by atoms with van der Waals surface area (Å²) in [6.07, 6.45) is 8.83. The molecule has 5 aliphatic carbocycles. The Morgan fingerprint density at radius 1 is 0.404 bits per heavy atom. The van der Waals surface area contributed by atoms with Gasteiger partial charge in [-0.2, -0.15) is 0 Å². The lowest BCUT2D eigenvalue weighted by atomic mass is 9.43. The highest BCUT2D eigenvalue weighted by molar-refractivity contribution is 5.83. The van der Waals surface area contributed by atoms with Crippen LogP contribution in [0.5, 0.6) is 0 Å². The molecule has 0 unspecified atom stereocenters. The summed E-state index contributed by atoms with van der Waals surface area (Å²) in [5, 5.41) is 0. The van der Waals surface area contributed by atoms with Gasteiger partial charge in [-0.25, -0.2) is 24.9 Å². The summed E-state index contributed by atoms with van der Waals surface area (Å²) in [7, 11) is 0. The normalized spacial score (nSPS) is 23.5. The second-order valence-corrected chi connectivity index (χ2v) is 15.4. The quantitative estimate of drug-likeness (QED) is 0.182. The second-order valence-electron chi connectivity index (χ2n) is 15.4. The molecule has 0 saturated heterocycles. The molecule has 4 fully saturated rings. The lowest BCUT2D eigenvalue weighted by Gasteiger charge is -2.60. The highest BCUT2D eigenvalue weighted by Crippen LogP contribution is 2.68. The van der Waals surface area contributed by atoms with Crippen molar-refractivity contribution in [1.82, 2.24) is 24.9 Å². The van der Waals surface area contributed by atoms with E-state index in [-0.39, 0.29) is 5.41 Å². The summed E-state index contributed by atoms with van der Waals surface area (Å²) in [6.45, 7) is 0. The molecular formula is C47H37N5. The maximum atomic E-state index is 5.67. The monoisotopic (exact) mass is 671 g/mol. The smallest absolute Gasteiger partial charge is 0.164 e. The SMILES string of the molecule is c1ccc(-c2cc(-c3nc(-c4ccccc4)nc(-c4ccccc4)n3)cc(-c3ncc4c(n3)C3(c5ccccc5-4)C4CC5CC(C4)CC3C5)c2)cc1. The van der Waals surface area contributed by atoms with Crippen molar-refractivity contribution >= 4 is 0 Å². The van der Waals surface area contributed by atoms with E-state index in [1.807, 2.05) is 36.4 Å². The first-order valence-corrected chi connectivity index (χ1v) is 18.8. The highest BCUT2D eigenvalue weighted by Gasteiger charge is 2.62. The molecule has 5 aliphatic rings. The van der Waals surface area contributed by atoms with E-state index in [1.165, 1.54) is 54.5 Å². The van der Waals surface area contributed by atoms with Crippen LogP contribution in [0.1, 0.15) is 43.4 Å². The van der Waals surface area contributed by atoms with Crippen LogP contribution in [0.25, 0.3) is 67.8 Å². The molecule has 5 nitrogen and oxygen atoms in total. The summed E-state index contributed by atoms with van der Waals surface area (Å²) >= 11 is 0. The van der Waals surface area contributed by atoms with Crippen LogP contribution in [-0.2, 0) is 5.41 Å². The topological polar surface area (TPSA) is 64.5 Å². The summed E-state index contributed by atoms with van der Waals surface area (Å²) in [4.78, 5) is 26.0. The summed E-state index contributed by atoms with van der Waals surface area (Å²) in [6, 6.07) is 46.6. The van der Waals surface area contributed by atoms with Gasteiger partial charge in [0.25, 0.3) is 0 Å². The molecule has 1 spiro atoms. The minimum atomic E-state index is -0.0275. The van der Waals surface area contributed by atoms with Crippen molar-refractivity contribution in [3.8, 4) is 67.8 Å². The molecule has 0 amide bonds. The van der Waals surface area contributed by atoms with Gasteiger partial charge >= 0.3 is 0 Å². The number of hydrogen-bond donors (Lipinski definition) is 0. The molecule has 2 aromatic heterocycles. The third kappa shape index (κ3) is 4.58. The molecule has 7 aromatic rings. The molecular weight excluding hydrogens is 635 g/mol. The van der Waals surface area contributed by atoms with E-state index in [9.17, 15) is 0 Å². The molecule has 0 radical (unpaired) electrons. The zero-order valence-electron chi connectivity index (χ0n) is 28.9. The van der Waals surface area contributed by atoms with Crippen molar-refractivity contribution in [1.29, 1.82) is 0 Å². The molecule has 250 valence electrons. The Morgan fingerprint density at radius 2 is 0.885 bits per heavy atom. The Balaban J connectivity index is 1.11. The van der Waals surface area contributed by atoms with E-state index < -0.39 is 0 Å². The van der Waals surface area contributed by atoms with E-state index in [4.69, 9.17) is 24.9 Å². The Morgan fingerprint density at radius 3 is 1.48 bits per heavy atom. The maximum absolute atomic E-state index is 5.67. The van der Waals surface area contributed by atoms with Crippen LogP contribution in [0.15, 0.2) is 140 Å². The van der Waals surface area contributed by atoms with Gasteiger partial charge in [0.1, 0.15) is 0 Å². The zero-order valence-corrected chi connectivity index (χ0v) is 28.9.